The Hall–Kier alpha value is -1.70. The number of aromatic nitrogens is 2. The predicted octanol–water partition coefficient (Wildman–Crippen LogP) is 3.27. The van der Waals surface area contributed by atoms with Gasteiger partial charge in [0.2, 0.25) is 0 Å². The van der Waals surface area contributed by atoms with Crippen molar-refractivity contribution in [1.82, 2.24) is 9.97 Å². The molecule has 0 atom stereocenters. The molecule has 0 saturated heterocycles. The Labute approximate surface area is 90.0 Å². The Morgan fingerprint density at radius 2 is 1.47 bits per heavy atom. The second-order valence-electron chi connectivity index (χ2n) is 3.90. The van der Waals surface area contributed by atoms with E-state index in [0.717, 1.165) is 5.56 Å². The average Bonchev–Trinajstić information content (AvgIpc) is 2.30. The highest BCUT2D eigenvalue weighted by Gasteiger charge is 2.00. The number of hydrogen-bond donors (Lipinski definition) is 0. The third-order valence-corrected chi connectivity index (χ3v) is 2.47. The second kappa shape index (κ2) is 4.22. The van der Waals surface area contributed by atoms with E-state index >= 15 is 0 Å². The minimum atomic E-state index is 0.575. The maximum Gasteiger partial charge on any atom is 0.115 e. The molecule has 0 bridgehead atoms. The average molecular weight is 198 g/mol. The lowest BCUT2D eigenvalue weighted by atomic mass is 10.00. The molecule has 15 heavy (non-hydrogen) atoms. The fourth-order valence-electron chi connectivity index (χ4n) is 1.51. The summed E-state index contributed by atoms with van der Waals surface area (Å²) in [4.78, 5) is 8.01. The summed E-state index contributed by atoms with van der Waals surface area (Å²) in [5.74, 6) is 0.575. The van der Waals surface area contributed by atoms with Crippen LogP contribution in [0.1, 0.15) is 25.3 Å². The normalized spacial score (nSPS) is 10.6. The zero-order valence-corrected chi connectivity index (χ0v) is 9.01. The molecule has 2 nitrogen and oxygen atoms in total. The van der Waals surface area contributed by atoms with Crippen LogP contribution in [0.25, 0.3) is 11.1 Å². The van der Waals surface area contributed by atoms with Crippen LogP contribution in [0.2, 0.25) is 0 Å². The maximum atomic E-state index is 4.01. The molecule has 2 aromatic rings. The first kappa shape index (κ1) is 9.84. The minimum Gasteiger partial charge on any atom is -0.244 e. The number of benzene rings is 1. The highest BCUT2D eigenvalue weighted by molar-refractivity contribution is 5.61. The zero-order chi connectivity index (χ0) is 10.7. The van der Waals surface area contributed by atoms with Crippen molar-refractivity contribution in [2.45, 2.75) is 19.8 Å². The van der Waals surface area contributed by atoms with Gasteiger partial charge in [-0.05, 0) is 17.0 Å². The largest absolute Gasteiger partial charge is 0.244 e. The smallest absolute Gasteiger partial charge is 0.115 e. The zero-order valence-electron chi connectivity index (χ0n) is 9.01. The van der Waals surface area contributed by atoms with Gasteiger partial charge in [0.25, 0.3) is 0 Å². The van der Waals surface area contributed by atoms with Crippen molar-refractivity contribution >= 4 is 0 Å². The number of hydrogen-bond acceptors (Lipinski definition) is 2. The van der Waals surface area contributed by atoms with Crippen LogP contribution in [0.15, 0.2) is 43.0 Å². The van der Waals surface area contributed by atoms with Crippen LogP contribution in [0, 0.1) is 0 Å². The molecule has 0 aliphatic rings. The van der Waals surface area contributed by atoms with Gasteiger partial charge in [0.05, 0.1) is 0 Å². The lowest BCUT2D eigenvalue weighted by Crippen LogP contribution is -1.87. The van der Waals surface area contributed by atoms with Gasteiger partial charge in [0.1, 0.15) is 6.33 Å². The molecule has 1 heterocycles. The second-order valence-corrected chi connectivity index (χ2v) is 3.90. The first-order chi connectivity index (χ1) is 7.27. The fraction of sp³-hybridized carbons (Fsp3) is 0.231. The van der Waals surface area contributed by atoms with E-state index in [-0.39, 0.29) is 0 Å². The molecule has 0 radical (unpaired) electrons. The van der Waals surface area contributed by atoms with Gasteiger partial charge in [-0.1, -0.05) is 38.1 Å². The van der Waals surface area contributed by atoms with E-state index in [2.05, 4.69) is 48.1 Å². The van der Waals surface area contributed by atoms with Crippen molar-refractivity contribution in [3.63, 3.8) is 0 Å². The summed E-state index contributed by atoms with van der Waals surface area (Å²) in [6, 6.07) is 8.56. The van der Waals surface area contributed by atoms with E-state index in [0.29, 0.717) is 5.92 Å². The Kier molecular flexibility index (Phi) is 2.77. The summed E-state index contributed by atoms with van der Waals surface area (Å²) in [7, 11) is 0. The summed E-state index contributed by atoms with van der Waals surface area (Å²) < 4.78 is 0. The molecule has 2 rings (SSSR count). The highest BCUT2D eigenvalue weighted by atomic mass is 14.8. The van der Waals surface area contributed by atoms with Crippen LogP contribution in [-0.2, 0) is 0 Å². The van der Waals surface area contributed by atoms with E-state index in [1.807, 2.05) is 12.4 Å². The van der Waals surface area contributed by atoms with Crippen LogP contribution in [0.4, 0.5) is 0 Å². The molecule has 0 saturated carbocycles. The van der Waals surface area contributed by atoms with Crippen LogP contribution in [0.3, 0.4) is 0 Å². The molecule has 0 amide bonds. The molecule has 0 fully saturated rings. The van der Waals surface area contributed by atoms with Gasteiger partial charge in [0, 0.05) is 18.0 Å². The van der Waals surface area contributed by atoms with Gasteiger partial charge in [-0.2, -0.15) is 0 Å². The van der Waals surface area contributed by atoms with Crippen LogP contribution >= 0.6 is 0 Å². The van der Waals surface area contributed by atoms with E-state index in [4.69, 9.17) is 0 Å². The van der Waals surface area contributed by atoms with Crippen LogP contribution in [0.5, 0.6) is 0 Å². The standard InChI is InChI=1S/C13H14N2/c1-10(2)11-3-5-12(6-4-11)13-7-14-9-15-8-13/h3-10H,1-2H3. The summed E-state index contributed by atoms with van der Waals surface area (Å²) in [6.07, 6.45) is 5.21. The van der Waals surface area contributed by atoms with E-state index < -0.39 is 0 Å². The summed E-state index contributed by atoms with van der Waals surface area (Å²) >= 11 is 0. The SMILES string of the molecule is CC(C)c1ccc(-c2cncnc2)cc1. The summed E-state index contributed by atoms with van der Waals surface area (Å²) in [5, 5.41) is 0. The van der Waals surface area contributed by atoms with Crippen molar-refractivity contribution < 1.29 is 0 Å². The predicted molar refractivity (Wildman–Crippen MR) is 61.6 cm³/mol. The van der Waals surface area contributed by atoms with Crippen molar-refractivity contribution in [3.05, 3.63) is 48.5 Å². The van der Waals surface area contributed by atoms with Crippen LogP contribution < -0.4 is 0 Å². The molecule has 1 aromatic carbocycles. The third-order valence-electron chi connectivity index (χ3n) is 2.47. The van der Waals surface area contributed by atoms with Gasteiger partial charge >= 0.3 is 0 Å². The molecule has 1 aromatic heterocycles. The van der Waals surface area contributed by atoms with Gasteiger partial charge in [-0.25, -0.2) is 9.97 Å². The molecule has 0 N–H and O–H groups in total. The van der Waals surface area contributed by atoms with E-state index in [9.17, 15) is 0 Å². The maximum absolute atomic E-state index is 4.01. The van der Waals surface area contributed by atoms with Gasteiger partial charge in [-0.15, -0.1) is 0 Å². The molecule has 76 valence electrons. The Morgan fingerprint density at radius 3 is 2.00 bits per heavy atom. The van der Waals surface area contributed by atoms with Crippen LogP contribution in [-0.4, -0.2) is 9.97 Å². The molecule has 0 spiro atoms. The number of nitrogens with zero attached hydrogens (tertiary/aromatic N) is 2. The summed E-state index contributed by atoms with van der Waals surface area (Å²) in [5.41, 5.74) is 3.59. The Balaban J connectivity index is 2.32. The lowest BCUT2D eigenvalue weighted by Gasteiger charge is -2.06. The molecule has 0 aliphatic carbocycles. The van der Waals surface area contributed by atoms with Gasteiger partial charge < -0.3 is 0 Å². The van der Waals surface area contributed by atoms with Gasteiger partial charge in [0.15, 0.2) is 0 Å². The molecular formula is C13H14N2. The summed E-state index contributed by atoms with van der Waals surface area (Å²) in [6.45, 7) is 4.39. The van der Waals surface area contributed by atoms with Crippen molar-refractivity contribution in [2.24, 2.45) is 0 Å². The Bertz CT molecular complexity index is 418. The van der Waals surface area contributed by atoms with Gasteiger partial charge in [-0.3, -0.25) is 0 Å². The topological polar surface area (TPSA) is 25.8 Å². The number of rotatable bonds is 2. The highest BCUT2D eigenvalue weighted by Crippen LogP contribution is 2.20. The van der Waals surface area contributed by atoms with Crippen molar-refractivity contribution in [1.29, 1.82) is 0 Å². The molecule has 0 unspecified atom stereocenters. The third kappa shape index (κ3) is 2.21. The first-order valence-electron chi connectivity index (χ1n) is 5.12. The molecular weight excluding hydrogens is 184 g/mol. The minimum absolute atomic E-state index is 0.575. The fourth-order valence-corrected chi connectivity index (χ4v) is 1.51. The Morgan fingerprint density at radius 1 is 0.867 bits per heavy atom. The lowest BCUT2D eigenvalue weighted by molar-refractivity contribution is 0.867. The van der Waals surface area contributed by atoms with Crippen molar-refractivity contribution in [3.8, 4) is 11.1 Å². The van der Waals surface area contributed by atoms with E-state index in [1.54, 1.807) is 6.33 Å². The van der Waals surface area contributed by atoms with Crippen molar-refractivity contribution in [2.75, 3.05) is 0 Å². The molecule has 0 aliphatic heterocycles. The van der Waals surface area contributed by atoms with E-state index in [1.165, 1.54) is 11.1 Å². The molecule has 2 heteroatoms. The first-order valence-corrected chi connectivity index (χ1v) is 5.12. The monoisotopic (exact) mass is 198 g/mol. The quantitative estimate of drug-likeness (QED) is 0.740.